The molecule has 0 aliphatic rings. The van der Waals surface area contributed by atoms with Crippen molar-refractivity contribution < 1.29 is 19.4 Å². The van der Waals surface area contributed by atoms with Crippen LogP contribution in [0.25, 0.3) is 0 Å². The first-order valence-corrected chi connectivity index (χ1v) is 6.42. The molecule has 1 atom stereocenters. The molecule has 1 amide bonds. The Morgan fingerprint density at radius 2 is 2.15 bits per heavy atom. The molecule has 0 saturated carbocycles. The predicted octanol–water partition coefficient (Wildman–Crippen LogP) is 1.39. The highest BCUT2D eigenvalue weighted by atomic mass is 35.5. The summed E-state index contributed by atoms with van der Waals surface area (Å²) in [6.07, 6.45) is 0.732. The quantitative estimate of drug-likeness (QED) is 0.736. The number of ether oxygens (including phenoxy) is 1. The number of carbonyl (C=O) groups is 2. The molecule has 1 rings (SSSR count). The Labute approximate surface area is 125 Å². The van der Waals surface area contributed by atoms with Crippen molar-refractivity contribution in [1.29, 1.82) is 0 Å². The lowest BCUT2D eigenvalue weighted by Gasteiger charge is -2.14. The van der Waals surface area contributed by atoms with Gasteiger partial charge in [0.1, 0.15) is 6.04 Å². The number of rotatable bonds is 7. The van der Waals surface area contributed by atoms with E-state index in [1.54, 1.807) is 0 Å². The molecule has 1 aromatic heterocycles. The summed E-state index contributed by atoms with van der Waals surface area (Å²) < 4.78 is 4.83. The third-order valence-corrected chi connectivity index (χ3v) is 2.87. The molecule has 110 valence electrons. The minimum absolute atomic E-state index is 0.00851. The number of carboxylic acid groups (broad SMARTS) is 1. The van der Waals surface area contributed by atoms with Gasteiger partial charge in [-0.1, -0.05) is 23.2 Å². The van der Waals surface area contributed by atoms with E-state index in [0.717, 1.165) is 0 Å². The monoisotopic (exact) mass is 321 g/mol. The van der Waals surface area contributed by atoms with E-state index in [-0.39, 0.29) is 22.3 Å². The molecule has 20 heavy (non-hydrogen) atoms. The molecule has 2 N–H and O–H groups in total. The van der Waals surface area contributed by atoms with Crippen molar-refractivity contribution in [3.05, 3.63) is 21.9 Å². The second-order valence-electron chi connectivity index (χ2n) is 3.87. The largest absolute Gasteiger partial charge is 0.480 e. The molecule has 0 saturated heterocycles. The van der Waals surface area contributed by atoms with Crippen LogP contribution in [0, 0.1) is 0 Å². The highest BCUT2D eigenvalue weighted by Gasteiger charge is 2.22. The Morgan fingerprint density at radius 1 is 1.45 bits per heavy atom. The summed E-state index contributed by atoms with van der Waals surface area (Å²) >= 11 is 11.3. The van der Waals surface area contributed by atoms with Gasteiger partial charge in [0, 0.05) is 13.7 Å². The van der Waals surface area contributed by atoms with E-state index in [9.17, 15) is 9.59 Å². The fourth-order valence-electron chi connectivity index (χ4n) is 1.44. The van der Waals surface area contributed by atoms with Crippen molar-refractivity contribution in [3.63, 3.8) is 0 Å². The van der Waals surface area contributed by atoms with Gasteiger partial charge in [0.25, 0.3) is 5.91 Å². The zero-order chi connectivity index (χ0) is 15.1. The van der Waals surface area contributed by atoms with E-state index in [0.29, 0.717) is 13.0 Å². The molecule has 9 heteroatoms. The van der Waals surface area contributed by atoms with Gasteiger partial charge in [-0.2, -0.15) is 0 Å². The highest BCUT2D eigenvalue weighted by Crippen LogP contribution is 2.15. The topological polar surface area (TPSA) is 101 Å². The van der Waals surface area contributed by atoms with Crippen LogP contribution in [-0.4, -0.2) is 46.9 Å². The van der Waals surface area contributed by atoms with E-state index >= 15 is 0 Å². The Kier molecular flexibility index (Phi) is 6.63. The third-order valence-electron chi connectivity index (χ3n) is 2.41. The summed E-state index contributed by atoms with van der Waals surface area (Å²) in [6.45, 7) is 0.406. The number of nitrogens with zero attached hydrogens (tertiary/aromatic N) is 2. The smallest absolute Gasteiger partial charge is 0.326 e. The van der Waals surface area contributed by atoms with Crippen molar-refractivity contribution >= 4 is 35.1 Å². The van der Waals surface area contributed by atoms with E-state index in [1.165, 1.54) is 13.2 Å². The first kappa shape index (κ1) is 16.6. The summed E-state index contributed by atoms with van der Waals surface area (Å²) in [5.41, 5.74) is -0.0235. The SMILES string of the molecule is COCCCC(NC(=O)c1cc(Cl)nnc1Cl)C(=O)O. The number of hydrogen-bond acceptors (Lipinski definition) is 5. The van der Waals surface area contributed by atoms with Gasteiger partial charge >= 0.3 is 5.97 Å². The van der Waals surface area contributed by atoms with Crippen LogP contribution >= 0.6 is 23.2 Å². The van der Waals surface area contributed by atoms with Gasteiger partial charge in [-0.25, -0.2) is 4.79 Å². The number of aromatic nitrogens is 2. The van der Waals surface area contributed by atoms with E-state index < -0.39 is 17.9 Å². The molecule has 1 aromatic rings. The third kappa shape index (κ3) is 4.92. The first-order chi connectivity index (χ1) is 9.45. The number of carbonyl (C=O) groups excluding carboxylic acids is 1. The number of hydrogen-bond donors (Lipinski definition) is 2. The maximum atomic E-state index is 11.9. The fourth-order valence-corrected chi connectivity index (χ4v) is 1.76. The van der Waals surface area contributed by atoms with E-state index in [4.69, 9.17) is 33.0 Å². The molecule has 0 fully saturated rings. The molecule has 0 spiro atoms. The lowest BCUT2D eigenvalue weighted by Crippen LogP contribution is -2.41. The summed E-state index contributed by atoms with van der Waals surface area (Å²) in [4.78, 5) is 23.0. The van der Waals surface area contributed by atoms with Crippen LogP contribution in [0.1, 0.15) is 23.2 Å². The molecule has 0 radical (unpaired) electrons. The van der Waals surface area contributed by atoms with Crippen LogP contribution in [0.2, 0.25) is 10.3 Å². The van der Waals surface area contributed by atoms with Gasteiger partial charge in [0.15, 0.2) is 10.3 Å². The lowest BCUT2D eigenvalue weighted by molar-refractivity contribution is -0.139. The van der Waals surface area contributed by atoms with Gasteiger partial charge < -0.3 is 15.2 Å². The molecule has 0 aliphatic heterocycles. The maximum Gasteiger partial charge on any atom is 0.326 e. The maximum absolute atomic E-state index is 11.9. The van der Waals surface area contributed by atoms with Gasteiger partial charge in [-0.05, 0) is 18.9 Å². The number of amides is 1. The molecule has 0 aromatic carbocycles. The minimum atomic E-state index is -1.14. The Bertz CT molecular complexity index is 499. The van der Waals surface area contributed by atoms with Crippen LogP contribution in [0.5, 0.6) is 0 Å². The molecule has 0 aliphatic carbocycles. The second-order valence-corrected chi connectivity index (χ2v) is 4.62. The van der Waals surface area contributed by atoms with Gasteiger partial charge in [0.2, 0.25) is 0 Å². The van der Waals surface area contributed by atoms with Crippen LogP contribution in [-0.2, 0) is 9.53 Å². The van der Waals surface area contributed by atoms with Crippen molar-refractivity contribution in [1.82, 2.24) is 15.5 Å². The average molecular weight is 322 g/mol. The highest BCUT2D eigenvalue weighted by molar-refractivity contribution is 6.34. The lowest BCUT2D eigenvalue weighted by atomic mass is 10.1. The van der Waals surface area contributed by atoms with E-state index in [2.05, 4.69) is 15.5 Å². The van der Waals surface area contributed by atoms with E-state index in [1.807, 2.05) is 0 Å². The number of halogens is 2. The van der Waals surface area contributed by atoms with Gasteiger partial charge in [-0.15, -0.1) is 10.2 Å². The predicted molar refractivity (Wildman–Crippen MR) is 72.1 cm³/mol. The van der Waals surface area contributed by atoms with Crippen LogP contribution in [0.15, 0.2) is 6.07 Å². The Balaban J connectivity index is 2.75. The van der Waals surface area contributed by atoms with Crippen molar-refractivity contribution in [3.8, 4) is 0 Å². The van der Waals surface area contributed by atoms with Crippen molar-refractivity contribution in [2.75, 3.05) is 13.7 Å². The van der Waals surface area contributed by atoms with Crippen molar-refractivity contribution in [2.45, 2.75) is 18.9 Å². The summed E-state index contributed by atoms with van der Waals surface area (Å²) in [5.74, 6) is -1.81. The zero-order valence-electron chi connectivity index (χ0n) is 10.6. The summed E-state index contributed by atoms with van der Waals surface area (Å²) in [5, 5.41) is 18.2. The standard InChI is InChI=1S/C11H13Cl2N3O4/c1-20-4-2-3-7(11(18)19)14-10(17)6-5-8(12)15-16-9(6)13/h5,7H,2-4H2,1H3,(H,14,17)(H,18,19). The average Bonchev–Trinajstić information content (AvgIpc) is 2.40. The summed E-state index contributed by atoms with van der Waals surface area (Å²) in [7, 11) is 1.51. The molecular formula is C11H13Cl2N3O4. The number of nitrogens with one attached hydrogen (secondary N) is 1. The molecule has 1 unspecified atom stereocenters. The van der Waals surface area contributed by atoms with Crippen LogP contribution in [0.4, 0.5) is 0 Å². The van der Waals surface area contributed by atoms with Crippen LogP contribution in [0.3, 0.4) is 0 Å². The van der Waals surface area contributed by atoms with Gasteiger partial charge in [0.05, 0.1) is 5.56 Å². The minimum Gasteiger partial charge on any atom is -0.480 e. The molecule has 7 nitrogen and oxygen atoms in total. The zero-order valence-corrected chi connectivity index (χ0v) is 12.1. The Hall–Kier alpha value is -1.44. The van der Waals surface area contributed by atoms with Gasteiger partial charge in [-0.3, -0.25) is 4.79 Å². The first-order valence-electron chi connectivity index (χ1n) is 5.67. The molecule has 0 bridgehead atoms. The van der Waals surface area contributed by atoms with Crippen molar-refractivity contribution in [2.24, 2.45) is 0 Å². The molecule has 1 heterocycles. The number of aliphatic carboxylic acids is 1. The second kappa shape index (κ2) is 7.98. The number of carboxylic acids is 1. The molecular weight excluding hydrogens is 309 g/mol. The van der Waals surface area contributed by atoms with Crippen LogP contribution < -0.4 is 5.32 Å². The fraction of sp³-hybridized carbons (Fsp3) is 0.455. The normalized spacial score (nSPS) is 11.9. The summed E-state index contributed by atoms with van der Waals surface area (Å²) in [6, 6.07) is 0.181. The number of methoxy groups -OCH3 is 1. The Morgan fingerprint density at radius 3 is 2.75 bits per heavy atom.